The Kier molecular flexibility index (Phi) is 9.08. The summed E-state index contributed by atoms with van der Waals surface area (Å²) in [5, 5.41) is 10.7. The molecule has 9 heteroatoms. The van der Waals surface area contributed by atoms with Crippen molar-refractivity contribution in [2.24, 2.45) is 11.8 Å². The number of hydrogen-bond donors (Lipinski definition) is 1. The van der Waals surface area contributed by atoms with Crippen molar-refractivity contribution in [1.82, 2.24) is 9.80 Å². The topological polar surface area (TPSA) is 90.4 Å². The Bertz CT molecular complexity index is 1430. The molecule has 2 aromatic carbocycles. The van der Waals surface area contributed by atoms with Crippen LogP contribution in [0, 0.1) is 18.8 Å². The average Bonchev–Trinajstić information content (AvgIpc) is 3.63. The number of nitrogens with zero attached hydrogens (tertiary/aromatic N) is 3. The number of benzene rings is 2. The van der Waals surface area contributed by atoms with Crippen molar-refractivity contribution in [2.45, 2.75) is 69.9 Å². The monoisotopic (exact) mass is 619 g/mol. The molecule has 3 heterocycles. The molecule has 5 rings (SSSR count). The molecule has 8 nitrogen and oxygen atoms in total. The van der Waals surface area contributed by atoms with Crippen molar-refractivity contribution in [3.05, 3.63) is 90.0 Å². The molecule has 0 aliphatic carbocycles. The first-order valence-electron chi connectivity index (χ1n) is 15.3. The van der Waals surface area contributed by atoms with E-state index in [1.54, 1.807) is 34.9 Å². The minimum Gasteiger partial charge on any atom is -0.394 e. The van der Waals surface area contributed by atoms with Gasteiger partial charge in [-0.3, -0.25) is 14.4 Å². The van der Waals surface area contributed by atoms with E-state index in [1.165, 1.54) is 4.90 Å². The predicted octanol–water partition coefficient (Wildman–Crippen LogP) is 4.92. The van der Waals surface area contributed by atoms with Crippen LogP contribution >= 0.6 is 11.6 Å². The van der Waals surface area contributed by atoms with E-state index in [-0.39, 0.29) is 30.9 Å². The average molecular weight is 620 g/mol. The van der Waals surface area contributed by atoms with E-state index in [0.717, 1.165) is 11.1 Å². The lowest BCUT2D eigenvalue weighted by Gasteiger charge is -2.39. The second-order valence-corrected chi connectivity index (χ2v) is 12.7. The Morgan fingerprint density at radius 2 is 1.82 bits per heavy atom. The fourth-order valence-corrected chi connectivity index (χ4v) is 8.12. The lowest BCUT2D eigenvalue weighted by Crippen LogP contribution is -2.58. The first-order chi connectivity index (χ1) is 21.1. The van der Waals surface area contributed by atoms with E-state index in [2.05, 4.69) is 13.2 Å². The van der Waals surface area contributed by atoms with Gasteiger partial charge in [-0.05, 0) is 50.3 Å². The molecular weight excluding hydrogens is 578 g/mol. The van der Waals surface area contributed by atoms with Gasteiger partial charge in [0, 0.05) is 19.6 Å². The van der Waals surface area contributed by atoms with Gasteiger partial charge >= 0.3 is 0 Å². The number of hydrogen-bond acceptors (Lipinski definition) is 5. The van der Waals surface area contributed by atoms with Gasteiger partial charge in [-0.1, -0.05) is 73.1 Å². The molecule has 0 aromatic heterocycles. The third kappa shape index (κ3) is 4.97. The Balaban J connectivity index is 1.62. The highest BCUT2D eigenvalue weighted by Crippen LogP contribution is 2.65. The highest BCUT2D eigenvalue weighted by molar-refractivity contribution is 6.34. The standard InChI is InChI=1S/C35H42ClN3O5/c1-6-19-37(21-25-14-10-9-11-15-25)31(41)27-28-32(42)39(24(5)22-40)30(35(28)18-17-34(27,8-3)44-35)33(43)38(20-7-2)29-23(4)13-12-16-26(29)36/h6-7,9-16,24,27-28,30,40H,1-2,8,17-22H2,3-5H3/t24-,27-,28+,30?,34+,35?/m1/s1. The van der Waals surface area contributed by atoms with E-state index in [0.29, 0.717) is 43.1 Å². The van der Waals surface area contributed by atoms with Crippen molar-refractivity contribution in [3.63, 3.8) is 0 Å². The summed E-state index contributed by atoms with van der Waals surface area (Å²) in [4.78, 5) is 48.8. The highest BCUT2D eigenvalue weighted by atomic mass is 35.5. The summed E-state index contributed by atoms with van der Waals surface area (Å²) >= 11 is 6.66. The van der Waals surface area contributed by atoms with Crippen molar-refractivity contribution in [3.8, 4) is 0 Å². The maximum absolute atomic E-state index is 14.8. The SMILES string of the molecule is C=CCN(Cc1ccccc1)C(=O)[C@H]1[C@H]2C(=O)N([C@H](C)CO)C(C(=O)N(CC=C)c3c(C)cccc3Cl)C23CC[C@]1(CC)O3. The number of carbonyl (C=O) groups excluding carboxylic acids is 3. The Morgan fingerprint density at radius 3 is 2.43 bits per heavy atom. The summed E-state index contributed by atoms with van der Waals surface area (Å²) in [7, 11) is 0. The minimum atomic E-state index is -1.24. The number of likely N-dealkylation sites (tertiary alicyclic amines) is 1. The fourth-order valence-electron chi connectivity index (χ4n) is 7.79. The number of ether oxygens (including phenoxy) is 1. The van der Waals surface area contributed by atoms with Crippen LogP contribution in [0.4, 0.5) is 5.69 Å². The van der Waals surface area contributed by atoms with Crippen LogP contribution in [0.1, 0.15) is 44.2 Å². The minimum absolute atomic E-state index is 0.154. The molecule has 2 bridgehead atoms. The van der Waals surface area contributed by atoms with E-state index in [1.807, 2.05) is 56.3 Å². The van der Waals surface area contributed by atoms with Crippen LogP contribution in [-0.2, 0) is 25.7 Å². The molecule has 2 aromatic rings. The van der Waals surface area contributed by atoms with Gasteiger partial charge in [0.05, 0.1) is 40.8 Å². The van der Waals surface area contributed by atoms with Gasteiger partial charge in [0.1, 0.15) is 11.6 Å². The molecule has 6 atom stereocenters. The number of rotatable bonds is 12. The fraction of sp³-hybridized carbons (Fsp3) is 0.457. The van der Waals surface area contributed by atoms with Gasteiger partial charge in [0.15, 0.2) is 0 Å². The van der Waals surface area contributed by atoms with Crippen molar-refractivity contribution >= 4 is 35.0 Å². The molecule has 3 fully saturated rings. The normalized spacial score (nSPS) is 27.6. The molecule has 3 aliphatic rings. The predicted molar refractivity (Wildman–Crippen MR) is 171 cm³/mol. The van der Waals surface area contributed by atoms with Gasteiger partial charge in [-0.15, -0.1) is 13.2 Å². The van der Waals surface area contributed by atoms with E-state index in [9.17, 15) is 19.5 Å². The Morgan fingerprint density at radius 1 is 1.11 bits per heavy atom. The van der Waals surface area contributed by atoms with E-state index >= 15 is 0 Å². The summed E-state index contributed by atoms with van der Waals surface area (Å²) < 4.78 is 6.96. The summed E-state index contributed by atoms with van der Waals surface area (Å²) in [5.74, 6) is -2.58. The number of aliphatic hydroxyl groups is 1. The summed E-state index contributed by atoms with van der Waals surface area (Å²) in [5.41, 5.74) is 0.152. The van der Waals surface area contributed by atoms with E-state index < -0.39 is 35.1 Å². The lowest BCUT2D eigenvalue weighted by molar-refractivity contribution is -0.153. The molecule has 0 saturated carbocycles. The largest absolute Gasteiger partial charge is 0.394 e. The molecule has 234 valence electrons. The van der Waals surface area contributed by atoms with Crippen molar-refractivity contribution in [2.75, 3.05) is 24.6 Å². The Labute approximate surface area is 264 Å². The molecule has 44 heavy (non-hydrogen) atoms. The smallest absolute Gasteiger partial charge is 0.253 e. The zero-order chi connectivity index (χ0) is 31.8. The van der Waals surface area contributed by atoms with Crippen LogP contribution < -0.4 is 4.90 Å². The number of fused-ring (bicyclic) bond motifs is 1. The summed E-state index contributed by atoms with van der Waals surface area (Å²) in [6, 6.07) is 13.4. The number of amides is 3. The zero-order valence-electron chi connectivity index (χ0n) is 25.7. The van der Waals surface area contributed by atoms with E-state index in [4.69, 9.17) is 16.3 Å². The quantitative estimate of drug-likeness (QED) is 0.341. The van der Waals surface area contributed by atoms with Gasteiger partial charge in [-0.2, -0.15) is 0 Å². The second-order valence-electron chi connectivity index (χ2n) is 12.2. The second kappa shape index (κ2) is 12.5. The summed E-state index contributed by atoms with van der Waals surface area (Å²) in [6.45, 7) is 13.8. The molecular formula is C35H42ClN3O5. The molecule has 0 radical (unpaired) electrons. The highest BCUT2D eigenvalue weighted by Gasteiger charge is 2.79. The third-order valence-corrected chi connectivity index (χ3v) is 10.1. The molecule has 1 N–H and O–H groups in total. The molecule has 3 amide bonds. The van der Waals surface area contributed by atoms with Crippen LogP contribution in [0.15, 0.2) is 73.8 Å². The number of para-hydroxylation sites is 1. The summed E-state index contributed by atoms with van der Waals surface area (Å²) in [6.07, 6.45) is 4.80. The number of anilines is 1. The van der Waals surface area contributed by atoms with Crippen molar-refractivity contribution < 1.29 is 24.2 Å². The van der Waals surface area contributed by atoms with Gasteiger partial charge in [-0.25, -0.2) is 0 Å². The maximum Gasteiger partial charge on any atom is 0.253 e. The van der Waals surface area contributed by atoms with Crippen LogP contribution in [-0.4, -0.2) is 75.6 Å². The van der Waals surface area contributed by atoms with Crippen LogP contribution in [0.2, 0.25) is 5.02 Å². The lowest BCUT2D eigenvalue weighted by atomic mass is 9.64. The van der Waals surface area contributed by atoms with Gasteiger partial charge < -0.3 is 24.5 Å². The van der Waals surface area contributed by atoms with Gasteiger partial charge in [0.25, 0.3) is 5.91 Å². The first kappa shape index (κ1) is 31.9. The zero-order valence-corrected chi connectivity index (χ0v) is 26.5. The number of aryl methyl sites for hydroxylation is 1. The van der Waals surface area contributed by atoms with Crippen LogP contribution in [0.3, 0.4) is 0 Å². The Hall–Kier alpha value is -3.46. The number of aliphatic hydroxyl groups excluding tert-OH is 1. The molecule has 1 spiro atoms. The first-order valence-corrected chi connectivity index (χ1v) is 15.7. The third-order valence-electron chi connectivity index (χ3n) is 9.77. The van der Waals surface area contributed by atoms with Crippen LogP contribution in [0.5, 0.6) is 0 Å². The number of halogens is 1. The molecule has 3 aliphatic heterocycles. The van der Waals surface area contributed by atoms with Gasteiger partial charge in [0.2, 0.25) is 11.8 Å². The van der Waals surface area contributed by atoms with Crippen molar-refractivity contribution in [1.29, 1.82) is 0 Å². The molecule has 3 saturated heterocycles. The number of carbonyl (C=O) groups is 3. The van der Waals surface area contributed by atoms with Crippen LogP contribution in [0.25, 0.3) is 0 Å². The maximum atomic E-state index is 14.8. The molecule has 2 unspecified atom stereocenters.